The van der Waals surface area contributed by atoms with Crippen LogP contribution >= 0.6 is 0 Å². The SMILES string of the molecule is Cc1cnc(C)n1C1CCN(C(C)(C)C)CC1. The van der Waals surface area contributed by atoms with E-state index in [0.717, 1.165) is 5.82 Å². The van der Waals surface area contributed by atoms with Gasteiger partial charge in [-0.15, -0.1) is 0 Å². The Labute approximate surface area is 105 Å². The summed E-state index contributed by atoms with van der Waals surface area (Å²) in [6.45, 7) is 13.6. The maximum absolute atomic E-state index is 4.41. The van der Waals surface area contributed by atoms with Gasteiger partial charge in [-0.1, -0.05) is 0 Å². The normalized spacial score (nSPS) is 19.8. The summed E-state index contributed by atoms with van der Waals surface area (Å²) in [6.07, 6.45) is 4.48. The molecule has 1 aromatic heterocycles. The van der Waals surface area contributed by atoms with Gasteiger partial charge in [0.2, 0.25) is 0 Å². The van der Waals surface area contributed by atoms with Gasteiger partial charge in [0.05, 0.1) is 0 Å². The number of piperidine rings is 1. The summed E-state index contributed by atoms with van der Waals surface area (Å²) < 4.78 is 2.42. The van der Waals surface area contributed by atoms with Crippen molar-refractivity contribution in [2.45, 2.75) is 59.0 Å². The molecule has 3 heteroatoms. The van der Waals surface area contributed by atoms with E-state index in [1.54, 1.807) is 0 Å². The molecule has 17 heavy (non-hydrogen) atoms. The van der Waals surface area contributed by atoms with Crippen molar-refractivity contribution in [1.82, 2.24) is 14.5 Å². The van der Waals surface area contributed by atoms with Crippen molar-refractivity contribution in [3.63, 3.8) is 0 Å². The highest BCUT2D eigenvalue weighted by Gasteiger charge is 2.28. The molecule has 1 fully saturated rings. The Bertz CT molecular complexity index is 359. The molecule has 0 saturated carbocycles. The highest BCUT2D eigenvalue weighted by atomic mass is 15.2. The maximum atomic E-state index is 4.41. The lowest BCUT2D eigenvalue weighted by molar-refractivity contribution is 0.0890. The molecule has 1 aliphatic rings. The Morgan fingerprint density at radius 3 is 2.18 bits per heavy atom. The third-order valence-electron chi connectivity index (χ3n) is 3.95. The summed E-state index contributed by atoms with van der Waals surface area (Å²) in [5.41, 5.74) is 1.61. The number of rotatable bonds is 1. The molecule has 0 atom stereocenters. The zero-order chi connectivity index (χ0) is 12.6. The van der Waals surface area contributed by atoms with E-state index in [1.165, 1.54) is 31.6 Å². The van der Waals surface area contributed by atoms with Crippen LogP contribution in [0.2, 0.25) is 0 Å². The number of hydrogen-bond acceptors (Lipinski definition) is 2. The van der Waals surface area contributed by atoms with Crippen LogP contribution in [0.25, 0.3) is 0 Å². The van der Waals surface area contributed by atoms with E-state index < -0.39 is 0 Å². The topological polar surface area (TPSA) is 21.1 Å². The van der Waals surface area contributed by atoms with E-state index >= 15 is 0 Å². The Hall–Kier alpha value is -0.830. The average molecular weight is 235 g/mol. The second-order valence-corrected chi connectivity index (χ2v) is 6.21. The van der Waals surface area contributed by atoms with Gasteiger partial charge in [-0.2, -0.15) is 0 Å². The van der Waals surface area contributed by atoms with Crippen LogP contribution in [-0.2, 0) is 0 Å². The average Bonchev–Trinajstić information content (AvgIpc) is 2.58. The summed E-state index contributed by atoms with van der Waals surface area (Å²) in [5.74, 6) is 1.16. The molecule has 0 spiro atoms. The van der Waals surface area contributed by atoms with Crippen molar-refractivity contribution >= 4 is 0 Å². The number of likely N-dealkylation sites (tertiary alicyclic amines) is 1. The summed E-state index contributed by atoms with van der Waals surface area (Å²) in [5, 5.41) is 0. The Morgan fingerprint density at radius 1 is 1.18 bits per heavy atom. The fourth-order valence-corrected chi connectivity index (χ4v) is 2.91. The summed E-state index contributed by atoms with van der Waals surface area (Å²) >= 11 is 0. The Morgan fingerprint density at radius 2 is 1.76 bits per heavy atom. The molecule has 0 radical (unpaired) electrons. The molecule has 1 aliphatic heterocycles. The van der Waals surface area contributed by atoms with Crippen LogP contribution in [-0.4, -0.2) is 33.1 Å². The summed E-state index contributed by atoms with van der Waals surface area (Å²) in [6, 6.07) is 0.649. The largest absolute Gasteiger partial charge is 0.329 e. The minimum atomic E-state index is 0.310. The van der Waals surface area contributed by atoms with Crippen LogP contribution in [0.5, 0.6) is 0 Å². The van der Waals surface area contributed by atoms with Gasteiger partial charge in [-0.05, 0) is 47.5 Å². The lowest BCUT2D eigenvalue weighted by Gasteiger charge is -2.41. The van der Waals surface area contributed by atoms with Crippen molar-refractivity contribution in [2.24, 2.45) is 0 Å². The van der Waals surface area contributed by atoms with E-state index in [2.05, 4.69) is 49.1 Å². The van der Waals surface area contributed by atoms with Gasteiger partial charge in [0.25, 0.3) is 0 Å². The molecule has 0 aromatic carbocycles. The van der Waals surface area contributed by atoms with Crippen LogP contribution in [0.3, 0.4) is 0 Å². The van der Waals surface area contributed by atoms with Crippen LogP contribution in [0.1, 0.15) is 51.2 Å². The number of hydrogen-bond donors (Lipinski definition) is 0. The van der Waals surface area contributed by atoms with Crippen LogP contribution in [0.4, 0.5) is 0 Å². The van der Waals surface area contributed by atoms with Gasteiger partial charge < -0.3 is 4.57 Å². The van der Waals surface area contributed by atoms with Gasteiger partial charge in [0, 0.05) is 36.6 Å². The lowest BCUT2D eigenvalue weighted by Crippen LogP contribution is -2.46. The minimum Gasteiger partial charge on any atom is -0.329 e. The Balaban J connectivity index is 2.05. The maximum Gasteiger partial charge on any atom is 0.105 e. The number of aryl methyl sites for hydroxylation is 2. The van der Waals surface area contributed by atoms with Gasteiger partial charge in [-0.3, -0.25) is 4.90 Å². The lowest BCUT2D eigenvalue weighted by atomic mass is 9.97. The van der Waals surface area contributed by atoms with Crippen molar-refractivity contribution in [2.75, 3.05) is 13.1 Å². The van der Waals surface area contributed by atoms with E-state index in [0.29, 0.717) is 11.6 Å². The molecule has 1 aromatic rings. The first-order valence-corrected chi connectivity index (χ1v) is 6.65. The number of nitrogens with zero attached hydrogens (tertiary/aromatic N) is 3. The van der Waals surface area contributed by atoms with Crippen molar-refractivity contribution < 1.29 is 0 Å². The fraction of sp³-hybridized carbons (Fsp3) is 0.786. The molecular weight excluding hydrogens is 210 g/mol. The first-order valence-electron chi connectivity index (χ1n) is 6.65. The molecule has 2 rings (SSSR count). The van der Waals surface area contributed by atoms with Gasteiger partial charge in [0.15, 0.2) is 0 Å². The standard InChI is InChI=1S/C14H25N3/c1-11-10-15-12(2)17(11)13-6-8-16(9-7-13)14(3,4)5/h10,13H,6-9H2,1-5H3. The van der Waals surface area contributed by atoms with Crippen molar-refractivity contribution in [3.05, 3.63) is 17.7 Å². The van der Waals surface area contributed by atoms with Gasteiger partial charge >= 0.3 is 0 Å². The molecule has 0 aliphatic carbocycles. The molecule has 3 nitrogen and oxygen atoms in total. The third kappa shape index (κ3) is 2.54. The van der Waals surface area contributed by atoms with Crippen LogP contribution < -0.4 is 0 Å². The summed E-state index contributed by atoms with van der Waals surface area (Å²) in [7, 11) is 0. The summed E-state index contributed by atoms with van der Waals surface area (Å²) in [4.78, 5) is 7.00. The highest BCUT2D eigenvalue weighted by molar-refractivity contribution is 5.05. The third-order valence-corrected chi connectivity index (χ3v) is 3.95. The molecule has 0 unspecified atom stereocenters. The van der Waals surface area contributed by atoms with Crippen molar-refractivity contribution in [3.8, 4) is 0 Å². The minimum absolute atomic E-state index is 0.310. The van der Waals surface area contributed by atoms with E-state index in [-0.39, 0.29) is 0 Å². The molecule has 0 bridgehead atoms. The first kappa shape index (κ1) is 12.6. The van der Waals surface area contributed by atoms with E-state index in [1.807, 2.05) is 6.20 Å². The quantitative estimate of drug-likeness (QED) is 0.746. The zero-order valence-corrected chi connectivity index (χ0v) is 11.8. The molecule has 0 amide bonds. The predicted octanol–water partition coefficient (Wildman–Crippen LogP) is 2.94. The second kappa shape index (κ2) is 4.45. The number of imidazole rings is 1. The zero-order valence-electron chi connectivity index (χ0n) is 11.8. The highest BCUT2D eigenvalue weighted by Crippen LogP contribution is 2.28. The molecule has 2 heterocycles. The molecule has 1 saturated heterocycles. The Kier molecular flexibility index (Phi) is 3.30. The molecule has 96 valence electrons. The first-order chi connectivity index (χ1) is 7.89. The smallest absolute Gasteiger partial charge is 0.105 e. The van der Waals surface area contributed by atoms with Gasteiger partial charge in [0.1, 0.15) is 5.82 Å². The van der Waals surface area contributed by atoms with Crippen molar-refractivity contribution in [1.29, 1.82) is 0 Å². The predicted molar refractivity (Wildman–Crippen MR) is 71.3 cm³/mol. The molecular formula is C14H25N3. The van der Waals surface area contributed by atoms with E-state index in [9.17, 15) is 0 Å². The fourth-order valence-electron chi connectivity index (χ4n) is 2.91. The molecule has 0 N–H and O–H groups in total. The second-order valence-electron chi connectivity index (χ2n) is 6.21. The van der Waals surface area contributed by atoms with Gasteiger partial charge in [-0.25, -0.2) is 4.98 Å². The number of aromatic nitrogens is 2. The van der Waals surface area contributed by atoms with E-state index in [4.69, 9.17) is 0 Å². The van der Waals surface area contributed by atoms with Crippen LogP contribution in [0, 0.1) is 13.8 Å². The van der Waals surface area contributed by atoms with Crippen LogP contribution in [0.15, 0.2) is 6.20 Å². The monoisotopic (exact) mass is 235 g/mol.